The summed E-state index contributed by atoms with van der Waals surface area (Å²) < 4.78 is 0. The Morgan fingerprint density at radius 1 is 0.472 bits per heavy atom. The molecule has 4 aromatic carbocycles. The van der Waals surface area contributed by atoms with E-state index in [1.54, 1.807) is 34.1 Å². The molecule has 0 aliphatic carbocycles. The molecule has 0 saturated heterocycles. The summed E-state index contributed by atoms with van der Waals surface area (Å²) in [7, 11) is 0. The highest BCUT2D eigenvalue weighted by molar-refractivity contribution is 6.05. The lowest BCUT2D eigenvalue weighted by Gasteiger charge is -2.27. The maximum Gasteiger partial charge on any atom is 0.251 e. The molecule has 0 bridgehead atoms. The minimum Gasteiger partial charge on any atom is -0.307 e. The summed E-state index contributed by atoms with van der Waals surface area (Å²) in [6.45, 7) is 0.670. The SMILES string of the molecule is O=C(C=Cc1ccccc1)N(CCN(C(=O)C=Cc1ccccc1)c1ccccc1)c1ccccc1. The molecule has 4 heteroatoms. The zero-order valence-electron chi connectivity index (χ0n) is 20.0. The third kappa shape index (κ3) is 6.90. The van der Waals surface area contributed by atoms with Gasteiger partial charge in [-0.25, -0.2) is 0 Å². The fourth-order valence-electron chi connectivity index (χ4n) is 3.79. The predicted octanol–water partition coefficient (Wildman–Crippen LogP) is 6.48. The third-order valence-electron chi connectivity index (χ3n) is 5.65. The van der Waals surface area contributed by atoms with E-state index in [2.05, 4.69) is 0 Å². The van der Waals surface area contributed by atoms with Crippen LogP contribution in [0.1, 0.15) is 11.1 Å². The number of amides is 2. The third-order valence-corrected chi connectivity index (χ3v) is 5.65. The molecule has 0 fully saturated rings. The molecule has 0 atom stereocenters. The fourth-order valence-corrected chi connectivity index (χ4v) is 3.79. The van der Waals surface area contributed by atoms with Crippen LogP contribution in [0, 0.1) is 0 Å². The van der Waals surface area contributed by atoms with E-state index in [0.717, 1.165) is 22.5 Å². The minimum absolute atomic E-state index is 0.148. The molecule has 0 N–H and O–H groups in total. The average Bonchev–Trinajstić information content (AvgIpc) is 2.95. The van der Waals surface area contributed by atoms with E-state index in [9.17, 15) is 9.59 Å². The molecule has 2 amide bonds. The minimum atomic E-state index is -0.148. The molecule has 0 aromatic heterocycles. The molecule has 0 heterocycles. The monoisotopic (exact) mass is 472 g/mol. The van der Waals surface area contributed by atoms with E-state index in [1.165, 1.54) is 0 Å². The highest BCUT2D eigenvalue weighted by atomic mass is 16.2. The number of benzene rings is 4. The molecule has 0 spiro atoms. The van der Waals surface area contributed by atoms with Gasteiger partial charge >= 0.3 is 0 Å². The lowest BCUT2D eigenvalue weighted by molar-refractivity contribution is -0.115. The first-order valence-electron chi connectivity index (χ1n) is 11.9. The van der Waals surface area contributed by atoms with Crippen molar-refractivity contribution in [1.82, 2.24) is 0 Å². The van der Waals surface area contributed by atoms with E-state index in [-0.39, 0.29) is 11.8 Å². The Morgan fingerprint density at radius 2 is 0.778 bits per heavy atom. The lowest BCUT2D eigenvalue weighted by atomic mass is 10.2. The topological polar surface area (TPSA) is 40.6 Å². The molecule has 0 unspecified atom stereocenters. The molecule has 4 nitrogen and oxygen atoms in total. The average molecular weight is 473 g/mol. The number of carbonyl (C=O) groups excluding carboxylic acids is 2. The number of rotatable bonds is 9. The number of anilines is 2. The Hall–Kier alpha value is -4.70. The normalized spacial score (nSPS) is 11.0. The molecule has 0 radical (unpaired) electrons. The lowest BCUT2D eigenvalue weighted by Crippen LogP contribution is -2.40. The van der Waals surface area contributed by atoms with E-state index in [1.807, 2.05) is 121 Å². The van der Waals surface area contributed by atoms with Crippen molar-refractivity contribution in [3.63, 3.8) is 0 Å². The van der Waals surface area contributed by atoms with Crippen LogP contribution in [0.2, 0.25) is 0 Å². The van der Waals surface area contributed by atoms with Crippen LogP contribution in [-0.4, -0.2) is 24.9 Å². The summed E-state index contributed by atoms with van der Waals surface area (Å²) in [5.41, 5.74) is 3.46. The first-order valence-corrected chi connectivity index (χ1v) is 11.9. The van der Waals surface area contributed by atoms with Gasteiger partial charge in [-0.3, -0.25) is 9.59 Å². The number of carbonyl (C=O) groups is 2. The van der Waals surface area contributed by atoms with Crippen molar-refractivity contribution < 1.29 is 9.59 Å². The summed E-state index contributed by atoms with van der Waals surface area (Å²) in [6, 6.07) is 38.5. The smallest absolute Gasteiger partial charge is 0.251 e. The van der Waals surface area contributed by atoms with Crippen LogP contribution in [0.4, 0.5) is 11.4 Å². The highest BCUT2D eigenvalue weighted by Crippen LogP contribution is 2.18. The van der Waals surface area contributed by atoms with E-state index < -0.39 is 0 Å². The summed E-state index contributed by atoms with van der Waals surface area (Å²) in [4.78, 5) is 29.9. The van der Waals surface area contributed by atoms with Crippen LogP contribution >= 0.6 is 0 Å². The van der Waals surface area contributed by atoms with Crippen molar-refractivity contribution in [2.75, 3.05) is 22.9 Å². The maximum absolute atomic E-state index is 13.3. The van der Waals surface area contributed by atoms with E-state index in [4.69, 9.17) is 0 Å². The second kappa shape index (κ2) is 12.7. The van der Waals surface area contributed by atoms with Gasteiger partial charge < -0.3 is 9.80 Å². The van der Waals surface area contributed by atoms with Crippen LogP contribution in [0.25, 0.3) is 12.2 Å². The molecule has 0 aliphatic heterocycles. The van der Waals surface area contributed by atoms with Crippen LogP contribution in [0.15, 0.2) is 133 Å². The van der Waals surface area contributed by atoms with Gasteiger partial charge in [0, 0.05) is 36.6 Å². The van der Waals surface area contributed by atoms with Crippen molar-refractivity contribution in [3.05, 3.63) is 145 Å². The Morgan fingerprint density at radius 3 is 1.11 bits per heavy atom. The molecular weight excluding hydrogens is 444 g/mol. The highest BCUT2D eigenvalue weighted by Gasteiger charge is 2.18. The molecular formula is C32H28N2O2. The van der Waals surface area contributed by atoms with Gasteiger partial charge in [0.25, 0.3) is 11.8 Å². The predicted molar refractivity (Wildman–Crippen MR) is 149 cm³/mol. The zero-order valence-corrected chi connectivity index (χ0v) is 20.0. The summed E-state index contributed by atoms with van der Waals surface area (Å²) in [5.74, 6) is -0.296. The Balaban J connectivity index is 1.56. The molecule has 0 saturated carbocycles. The van der Waals surface area contributed by atoms with Crippen molar-refractivity contribution in [2.24, 2.45) is 0 Å². The molecule has 0 aliphatic rings. The van der Waals surface area contributed by atoms with Crippen LogP contribution < -0.4 is 9.80 Å². The number of hydrogen-bond donors (Lipinski definition) is 0. The summed E-state index contributed by atoms with van der Waals surface area (Å²) in [6.07, 6.45) is 6.76. The van der Waals surface area contributed by atoms with Gasteiger partial charge in [-0.15, -0.1) is 0 Å². The number of para-hydroxylation sites is 2. The van der Waals surface area contributed by atoms with Gasteiger partial charge in [-0.05, 0) is 47.5 Å². The Kier molecular flexibility index (Phi) is 8.60. The summed E-state index contributed by atoms with van der Waals surface area (Å²) in [5, 5.41) is 0. The van der Waals surface area contributed by atoms with Gasteiger partial charge in [-0.1, -0.05) is 97.1 Å². The fraction of sp³-hybridized carbons (Fsp3) is 0.0625. The number of nitrogens with zero attached hydrogens (tertiary/aromatic N) is 2. The van der Waals surface area contributed by atoms with Gasteiger partial charge in [0.05, 0.1) is 0 Å². The first kappa shape index (κ1) is 24.4. The van der Waals surface area contributed by atoms with Crippen molar-refractivity contribution >= 4 is 35.3 Å². The van der Waals surface area contributed by atoms with Crippen molar-refractivity contribution in [2.45, 2.75) is 0 Å². The van der Waals surface area contributed by atoms with Crippen LogP contribution in [0.3, 0.4) is 0 Å². The largest absolute Gasteiger partial charge is 0.307 e. The Bertz CT molecular complexity index is 1200. The zero-order chi connectivity index (χ0) is 25.0. The van der Waals surface area contributed by atoms with Gasteiger partial charge in [0.15, 0.2) is 0 Å². The number of hydrogen-bond acceptors (Lipinski definition) is 2. The Labute approximate surface area is 212 Å². The van der Waals surface area contributed by atoms with E-state index in [0.29, 0.717) is 13.1 Å². The second-order valence-electron chi connectivity index (χ2n) is 8.14. The first-order chi connectivity index (χ1) is 17.7. The van der Waals surface area contributed by atoms with Gasteiger partial charge in [0.1, 0.15) is 0 Å². The maximum atomic E-state index is 13.3. The molecule has 178 valence electrons. The quantitative estimate of drug-likeness (QED) is 0.262. The van der Waals surface area contributed by atoms with E-state index >= 15 is 0 Å². The molecule has 36 heavy (non-hydrogen) atoms. The van der Waals surface area contributed by atoms with Gasteiger partial charge in [-0.2, -0.15) is 0 Å². The van der Waals surface area contributed by atoms with Gasteiger partial charge in [0.2, 0.25) is 0 Å². The van der Waals surface area contributed by atoms with Crippen LogP contribution in [0.5, 0.6) is 0 Å². The summed E-state index contributed by atoms with van der Waals surface area (Å²) >= 11 is 0. The van der Waals surface area contributed by atoms with Crippen molar-refractivity contribution in [1.29, 1.82) is 0 Å². The molecule has 4 aromatic rings. The molecule has 4 rings (SSSR count). The standard InChI is InChI=1S/C32H28N2O2/c35-31(23-21-27-13-5-1-6-14-27)33(29-17-9-3-10-18-29)25-26-34(30-19-11-4-12-20-30)32(36)24-22-28-15-7-2-8-16-28/h1-24H,25-26H2. The van der Waals surface area contributed by atoms with Crippen LogP contribution in [-0.2, 0) is 9.59 Å². The van der Waals surface area contributed by atoms with Crippen molar-refractivity contribution in [3.8, 4) is 0 Å². The second-order valence-corrected chi connectivity index (χ2v) is 8.14.